The molecule has 2 rings (SSSR count). The van der Waals surface area contributed by atoms with Crippen LogP contribution in [0, 0.1) is 0 Å². The van der Waals surface area contributed by atoms with Crippen LogP contribution in [0.3, 0.4) is 0 Å². The smallest absolute Gasteiger partial charge is 0.349 e. The summed E-state index contributed by atoms with van der Waals surface area (Å²) in [5.74, 6) is 0.909. The van der Waals surface area contributed by atoms with Crippen molar-refractivity contribution in [2.45, 2.75) is 39.9 Å². The van der Waals surface area contributed by atoms with Crippen LogP contribution in [0.5, 0.6) is 11.5 Å². The average Bonchev–Trinajstić information content (AvgIpc) is 2.62. The lowest BCUT2D eigenvalue weighted by molar-refractivity contribution is -0.156. The van der Waals surface area contributed by atoms with Crippen molar-refractivity contribution in [1.29, 1.82) is 0 Å². The molecule has 0 N–H and O–H groups in total. The molecule has 0 bridgehead atoms. The van der Waals surface area contributed by atoms with Crippen LogP contribution in [0.4, 0.5) is 0 Å². The molecule has 2 aromatic carbocycles. The third-order valence-electron chi connectivity index (χ3n) is 3.12. The lowest BCUT2D eigenvalue weighted by Crippen LogP contribution is -2.39. The highest BCUT2D eigenvalue weighted by molar-refractivity contribution is 5.78. The van der Waals surface area contributed by atoms with Crippen LogP contribution in [0.15, 0.2) is 54.6 Å². The lowest BCUT2D eigenvalue weighted by atomic mass is 10.1. The zero-order valence-corrected chi connectivity index (χ0v) is 15.0. The first-order valence-corrected chi connectivity index (χ1v) is 8.05. The summed E-state index contributed by atoms with van der Waals surface area (Å²) in [5, 5.41) is 0. The van der Waals surface area contributed by atoms with E-state index in [0.717, 1.165) is 11.3 Å². The van der Waals surface area contributed by atoms with E-state index in [0.29, 0.717) is 12.4 Å². The van der Waals surface area contributed by atoms with Gasteiger partial charge in [0.15, 0.2) is 5.60 Å². The summed E-state index contributed by atoms with van der Waals surface area (Å²) >= 11 is 0. The fourth-order valence-electron chi connectivity index (χ4n) is 1.93. The predicted octanol–water partition coefficient (Wildman–Crippen LogP) is 4.62. The molecule has 24 heavy (non-hydrogen) atoms. The van der Waals surface area contributed by atoms with E-state index in [9.17, 15) is 4.79 Å². The van der Waals surface area contributed by atoms with Gasteiger partial charge in [-0.1, -0.05) is 44.2 Å². The Labute approximate surface area is 144 Å². The molecule has 0 aliphatic heterocycles. The van der Waals surface area contributed by atoms with E-state index in [4.69, 9.17) is 14.2 Å². The number of ether oxygens (including phenoxy) is 3. The molecule has 0 saturated carbocycles. The van der Waals surface area contributed by atoms with Crippen LogP contribution in [0.2, 0.25) is 0 Å². The van der Waals surface area contributed by atoms with E-state index in [-0.39, 0.29) is 0 Å². The summed E-state index contributed by atoms with van der Waals surface area (Å²) in [6.45, 7) is 7.84. The molecule has 4 heteroatoms. The van der Waals surface area contributed by atoms with E-state index in [1.807, 2.05) is 56.3 Å². The van der Waals surface area contributed by atoms with Crippen molar-refractivity contribution in [3.8, 4) is 11.5 Å². The van der Waals surface area contributed by atoms with Gasteiger partial charge in [-0.2, -0.15) is 0 Å². The number of esters is 1. The minimum Gasteiger partial charge on any atom is -0.489 e. The van der Waals surface area contributed by atoms with E-state index >= 15 is 0 Å². The quantitative estimate of drug-likeness (QED) is 0.725. The minimum absolute atomic E-state index is 0.420. The summed E-state index contributed by atoms with van der Waals surface area (Å²) in [6.07, 6.45) is 0. The van der Waals surface area contributed by atoms with Crippen LogP contribution in [-0.4, -0.2) is 18.7 Å². The third-order valence-corrected chi connectivity index (χ3v) is 3.12. The molecule has 2 aromatic rings. The van der Waals surface area contributed by atoms with Crippen molar-refractivity contribution in [2.75, 3.05) is 7.11 Å². The van der Waals surface area contributed by atoms with E-state index in [1.165, 1.54) is 7.11 Å². The van der Waals surface area contributed by atoms with Crippen molar-refractivity contribution in [3.05, 3.63) is 60.2 Å². The monoisotopic (exact) mass is 330 g/mol. The van der Waals surface area contributed by atoms with Crippen LogP contribution < -0.4 is 9.47 Å². The topological polar surface area (TPSA) is 44.8 Å². The largest absolute Gasteiger partial charge is 0.489 e. The Hall–Kier alpha value is -2.49. The van der Waals surface area contributed by atoms with Crippen LogP contribution in [0.1, 0.15) is 33.3 Å². The first-order chi connectivity index (χ1) is 11.5. The van der Waals surface area contributed by atoms with Gasteiger partial charge in [0, 0.05) is 0 Å². The maximum atomic E-state index is 11.6. The van der Waals surface area contributed by atoms with Gasteiger partial charge in [0.05, 0.1) is 7.11 Å². The van der Waals surface area contributed by atoms with Gasteiger partial charge in [-0.25, -0.2) is 4.79 Å². The van der Waals surface area contributed by atoms with Gasteiger partial charge in [-0.05, 0) is 43.7 Å². The molecule has 0 spiro atoms. The maximum absolute atomic E-state index is 11.6. The van der Waals surface area contributed by atoms with E-state index < -0.39 is 11.6 Å². The second kappa shape index (κ2) is 9.60. The Balaban J connectivity index is 0.00000139. The maximum Gasteiger partial charge on any atom is 0.349 e. The molecular formula is C20H26O4. The molecule has 0 amide bonds. The van der Waals surface area contributed by atoms with Gasteiger partial charge in [-0.3, -0.25) is 0 Å². The number of carbonyl (C=O) groups is 1. The Morgan fingerprint density at radius 1 is 0.917 bits per heavy atom. The fourth-order valence-corrected chi connectivity index (χ4v) is 1.93. The Morgan fingerprint density at radius 3 is 2.00 bits per heavy atom. The van der Waals surface area contributed by atoms with Gasteiger partial charge in [0.25, 0.3) is 0 Å². The summed E-state index contributed by atoms with van der Waals surface area (Å²) < 4.78 is 16.1. The van der Waals surface area contributed by atoms with Crippen molar-refractivity contribution < 1.29 is 19.0 Å². The highest BCUT2D eigenvalue weighted by atomic mass is 16.6. The van der Waals surface area contributed by atoms with Gasteiger partial charge < -0.3 is 14.2 Å². The standard InChI is InChI=1S/C18H20O4.C2H6/c1-18(2,17(19)20-3)22-16-11-9-15(10-12-16)21-13-14-7-5-4-6-8-14;1-2/h4-12H,13H2,1-3H3;1-2H3. The highest BCUT2D eigenvalue weighted by Gasteiger charge is 2.30. The molecule has 0 unspecified atom stereocenters. The average molecular weight is 330 g/mol. The molecule has 4 nitrogen and oxygen atoms in total. The summed E-state index contributed by atoms with van der Waals surface area (Å²) in [6, 6.07) is 17.1. The molecule has 130 valence electrons. The van der Waals surface area contributed by atoms with Crippen molar-refractivity contribution in [1.82, 2.24) is 0 Å². The normalized spacial score (nSPS) is 10.2. The van der Waals surface area contributed by atoms with E-state index in [2.05, 4.69) is 0 Å². The molecule has 0 aliphatic carbocycles. The molecule has 0 radical (unpaired) electrons. The zero-order valence-electron chi connectivity index (χ0n) is 15.0. The molecule has 0 fully saturated rings. The van der Waals surface area contributed by atoms with Crippen molar-refractivity contribution in [2.24, 2.45) is 0 Å². The highest BCUT2D eigenvalue weighted by Crippen LogP contribution is 2.23. The predicted molar refractivity (Wildman–Crippen MR) is 95.3 cm³/mol. The first-order valence-electron chi connectivity index (χ1n) is 8.05. The van der Waals surface area contributed by atoms with Gasteiger partial charge in [-0.15, -0.1) is 0 Å². The third kappa shape index (κ3) is 5.95. The van der Waals surface area contributed by atoms with Gasteiger partial charge in [0.2, 0.25) is 0 Å². The van der Waals surface area contributed by atoms with E-state index in [1.54, 1.807) is 26.0 Å². The molecule has 0 saturated heterocycles. The number of hydrogen-bond donors (Lipinski definition) is 0. The van der Waals surface area contributed by atoms with Crippen LogP contribution in [-0.2, 0) is 16.1 Å². The number of carbonyl (C=O) groups excluding carboxylic acids is 1. The molecular weight excluding hydrogens is 304 g/mol. The summed E-state index contributed by atoms with van der Waals surface area (Å²) in [7, 11) is 1.34. The molecule has 0 aliphatic rings. The van der Waals surface area contributed by atoms with Crippen molar-refractivity contribution >= 4 is 5.97 Å². The number of hydrogen-bond acceptors (Lipinski definition) is 4. The zero-order chi connectivity index (χ0) is 18.0. The summed E-state index contributed by atoms with van der Waals surface area (Å²) in [5.41, 5.74) is 0.0795. The SMILES string of the molecule is CC.COC(=O)C(C)(C)Oc1ccc(OCc2ccccc2)cc1. The summed E-state index contributed by atoms with van der Waals surface area (Å²) in [4.78, 5) is 11.6. The molecule has 0 aromatic heterocycles. The fraction of sp³-hybridized carbons (Fsp3) is 0.350. The lowest BCUT2D eigenvalue weighted by Gasteiger charge is -2.23. The Bertz CT molecular complexity index is 603. The number of benzene rings is 2. The number of rotatable bonds is 6. The Morgan fingerprint density at radius 2 is 1.46 bits per heavy atom. The second-order valence-corrected chi connectivity index (χ2v) is 5.35. The van der Waals surface area contributed by atoms with Gasteiger partial charge in [0.1, 0.15) is 18.1 Å². The number of methoxy groups -OCH3 is 1. The van der Waals surface area contributed by atoms with Gasteiger partial charge >= 0.3 is 5.97 Å². The Kier molecular flexibility index (Phi) is 7.83. The van der Waals surface area contributed by atoms with Crippen LogP contribution in [0.25, 0.3) is 0 Å². The molecule has 0 heterocycles. The second-order valence-electron chi connectivity index (χ2n) is 5.35. The molecule has 0 atom stereocenters. The van der Waals surface area contributed by atoms with Crippen LogP contribution >= 0.6 is 0 Å². The first kappa shape index (κ1) is 19.6. The van der Waals surface area contributed by atoms with Crippen molar-refractivity contribution in [3.63, 3.8) is 0 Å². The minimum atomic E-state index is -1.03.